The van der Waals surface area contributed by atoms with Crippen molar-refractivity contribution < 1.29 is 4.79 Å². The largest absolute Gasteiger partial charge is 0.355 e. The molecule has 2 heterocycles. The third-order valence-electron chi connectivity index (χ3n) is 5.73. The van der Waals surface area contributed by atoms with E-state index in [9.17, 15) is 4.79 Å². The maximum Gasteiger partial charge on any atom is 0.230 e. The van der Waals surface area contributed by atoms with E-state index >= 15 is 0 Å². The minimum atomic E-state index is 0.0256. The van der Waals surface area contributed by atoms with Gasteiger partial charge in [-0.3, -0.25) is 4.79 Å². The molecule has 1 aromatic carbocycles. The van der Waals surface area contributed by atoms with Crippen LogP contribution < -0.4 is 5.32 Å². The van der Waals surface area contributed by atoms with Crippen molar-refractivity contribution in [1.29, 1.82) is 0 Å². The van der Waals surface area contributed by atoms with Crippen LogP contribution in [0.25, 0.3) is 10.7 Å². The van der Waals surface area contributed by atoms with Gasteiger partial charge in [-0.1, -0.05) is 55.4 Å². The number of hydrogen-bond donors (Lipinski definition) is 1. The Morgan fingerprint density at radius 2 is 2.13 bits per heavy atom. The summed E-state index contributed by atoms with van der Waals surface area (Å²) in [6, 6.07) is 12.5. The Balaban J connectivity index is 1.31. The summed E-state index contributed by atoms with van der Waals surface area (Å²) in [5.74, 6) is 2.08. The summed E-state index contributed by atoms with van der Waals surface area (Å²) >= 11 is 3.29. The number of thioether (sulfide) groups is 1. The van der Waals surface area contributed by atoms with Crippen LogP contribution in [0.1, 0.15) is 35.8 Å². The molecule has 0 spiro atoms. The second-order valence-corrected chi connectivity index (χ2v) is 9.89. The lowest BCUT2D eigenvalue weighted by molar-refractivity contribution is -0.118. The summed E-state index contributed by atoms with van der Waals surface area (Å²) in [7, 11) is 1.98. The first-order valence-corrected chi connectivity index (χ1v) is 12.4. The number of hydrogen-bond acceptors (Lipinski definition) is 5. The van der Waals surface area contributed by atoms with Gasteiger partial charge in [0, 0.05) is 18.5 Å². The van der Waals surface area contributed by atoms with Crippen molar-refractivity contribution in [2.45, 2.75) is 44.2 Å². The zero-order valence-electron chi connectivity index (χ0n) is 17.6. The molecule has 0 saturated carbocycles. The summed E-state index contributed by atoms with van der Waals surface area (Å²) < 4.78 is 2.01. The van der Waals surface area contributed by atoms with E-state index < -0.39 is 0 Å². The number of thiophene rings is 1. The molecule has 0 fully saturated rings. The molecule has 0 bridgehead atoms. The van der Waals surface area contributed by atoms with Gasteiger partial charge in [0.1, 0.15) is 0 Å². The minimum absolute atomic E-state index is 0.0256. The summed E-state index contributed by atoms with van der Waals surface area (Å²) in [6.07, 6.45) is 5.75. The van der Waals surface area contributed by atoms with Crippen LogP contribution in [0.15, 0.2) is 41.6 Å². The van der Waals surface area contributed by atoms with Crippen LogP contribution in [0.3, 0.4) is 0 Å². The number of carbonyl (C=O) groups is 1. The SMILES string of the molecule is CCC1CCc2sc(-c3nnc(SCC(=O)NCCc4ccccc4)n3C)cc2C1. The predicted octanol–water partition coefficient (Wildman–Crippen LogP) is 4.51. The quantitative estimate of drug-likeness (QED) is 0.524. The van der Waals surface area contributed by atoms with E-state index in [4.69, 9.17) is 0 Å². The molecule has 0 aliphatic heterocycles. The Morgan fingerprint density at radius 1 is 1.30 bits per heavy atom. The fraction of sp³-hybridized carbons (Fsp3) is 0.435. The number of rotatable bonds is 8. The average molecular weight is 441 g/mol. The molecule has 0 radical (unpaired) electrons. The fourth-order valence-electron chi connectivity index (χ4n) is 3.88. The summed E-state index contributed by atoms with van der Waals surface area (Å²) in [6.45, 7) is 2.93. The van der Waals surface area contributed by atoms with Gasteiger partial charge in [-0.15, -0.1) is 21.5 Å². The van der Waals surface area contributed by atoms with Gasteiger partial charge in [-0.2, -0.15) is 0 Å². The molecule has 1 N–H and O–H groups in total. The van der Waals surface area contributed by atoms with E-state index in [0.717, 1.165) is 23.3 Å². The molecule has 7 heteroatoms. The molecule has 1 aliphatic carbocycles. The zero-order valence-corrected chi connectivity index (χ0v) is 19.2. The molecule has 3 aromatic rings. The van der Waals surface area contributed by atoms with Crippen LogP contribution in [0.5, 0.6) is 0 Å². The molecule has 1 amide bonds. The highest BCUT2D eigenvalue weighted by molar-refractivity contribution is 7.99. The van der Waals surface area contributed by atoms with E-state index in [1.54, 1.807) is 0 Å². The molecule has 158 valence electrons. The van der Waals surface area contributed by atoms with Crippen LogP contribution in [-0.2, 0) is 31.1 Å². The Labute approximate surface area is 186 Å². The van der Waals surface area contributed by atoms with Gasteiger partial charge in [0.15, 0.2) is 11.0 Å². The number of aryl methyl sites for hydroxylation is 1. The summed E-state index contributed by atoms with van der Waals surface area (Å²) in [4.78, 5) is 14.9. The van der Waals surface area contributed by atoms with Crippen LogP contribution >= 0.6 is 23.1 Å². The molecule has 2 aromatic heterocycles. The summed E-state index contributed by atoms with van der Waals surface area (Å²) in [5, 5.41) is 12.5. The lowest BCUT2D eigenvalue weighted by Crippen LogP contribution is -2.27. The Morgan fingerprint density at radius 3 is 2.93 bits per heavy atom. The number of amides is 1. The molecule has 4 rings (SSSR count). The maximum atomic E-state index is 12.2. The van der Waals surface area contributed by atoms with Crippen molar-refractivity contribution in [3.8, 4) is 10.7 Å². The third-order valence-corrected chi connectivity index (χ3v) is 7.98. The minimum Gasteiger partial charge on any atom is -0.355 e. The molecule has 1 unspecified atom stereocenters. The van der Waals surface area contributed by atoms with Gasteiger partial charge < -0.3 is 9.88 Å². The van der Waals surface area contributed by atoms with Crippen LogP contribution in [-0.4, -0.2) is 33.0 Å². The van der Waals surface area contributed by atoms with Crippen molar-refractivity contribution in [2.75, 3.05) is 12.3 Å². The molecular formula is C23H28N4OS2. The lowest BCUT2D eigenvalue weighted by Gasteiger charge is -2.19. The van der Waals surface area contributed by atoms with Crippen LogP contribution in [0.4, 0.5) is 0 Å². The van der Waals surface area contributed by atoms with Crippen LogP contribution in [0, 0.1) is 5.92 Å². The van der Waals surface area contributed by atoms with Crippen LogP contribution in [0.2, 0.25) is 0 Å². The number of nitrogens with zero attached hydrogens (tertiary/aromatic N) is 3. The first-order valence-electron chi connectivity index (χ1n) is 10.6. The molecule has 0 saturated heterocycles. The molecule has 1 atom stereocenters. The number of carbonyl (C=O) groups excluding carboxylic acids is 1. The zero-order chi connectivity index (χ0) is 20.9. The van der Waals surface area contributed by atoms with Gasteiger partial charge in [-0.25, -0.2) is 0 Å². The van der Waals surface area contributed by atoms with Gasteiger partial charge in [0.25, 0.3) is 0 Å². The molecule has 30 heavy (non-hydrogen) atoms. The van der Waals surface area contributed by atoms with Crippen molar-refractivity contribution in [3.05, 3.63) is 52.4 Å². The smallest absolute Gasteiger partial charge is 0.230 e. The van der Waals surface area contributed by atoms with E-state index in [0.29, 0.717) is 12.3 Å². The first-order chi connectivity index (χ1) is 14.6. The van der Waals surface area contributed by atoms with Crippen molar-refractivity contribution in [1.82, 2.24) is 20.1 Å². The van der Waals surface area contributed by atoms with E-state index in [1.165, 1.54) is 58.3 Å². The highest BCUT2D eigenvalue weighted by Crippen LogP contribution is 2.37. The first kappa shape index (κ1) is 21.1. The normalized spacial score (nSPS) is 15.7. The molecular weight excluding hydrogens is 412 g/mol. The molecule has 1 aliphatic rings. The topological polar surface area (TPSA) is 59.8 Å². The van der Waals surface area contributed by atoms with Gasteiger partial charge >= 0.3 is 0 Å². The van der Waals surface area contributed by atoms with Gasteiger partial charge in [0.05, 0.1) is 10.6 Å². The predicted molar refractivity (Wildman–Crippen MR) is 124 cm³/mol. The molecule has 5 nitrogen and oxygen atoms in total. The van der Waals surface area contributed by atoms with Crippen molar-refractivity contribution >= 4 is 29.0 Å². The average Bonchev–Trinajstić information content (AvgIpc) is 3.35. The Hall–Kier alpha value is -2.12. The second kappa shape index (κ2) is 9.79. The number of nitrogens with one attached hydrogen (secondary N) is 1. The summed E-state index contributed by atoms with van der Waals surface area (Å²) in [5.41, 5.74) is 2.72. The van der Waals surface area contributed by atoms with Crippen molar-refractivity contribution in [2.24, 2.45) is 13.0 Å². The second-order valence-electron chi connectivity index (χ2n) is 7.82. The lowest BCUT2D eigenvalue weighted by atomic mass is 9.87. The number of benzene rings is 1. The third kappa shape index (κ3) is 4.95. The van der Waals surface area contributed by atoms with E-state index in [-0.39, 0.29) is 5.91 Å². The number of fused-ring (bicyclic) bond motifs is 1. The van der Waals surface area contributed by atoms with Gasteiger partial charge in [0.2, 0.25) is 5.91 Å². The Kier molecular flexibility index (Phi) is 6.89. The van der Waals surface area contributed by atoms with E-state index in [1.807, 2.05) is 41.2 Å². The van der Waals surface area contributed by atoms with Gasteiger partial charge in [-0.05, 0) is 48.8 Å². The Bertz CT molecular complexity index is 996. The van der Waals surface area contributed by atoms with E-state index in [2.05, 4.69) is 40.6 Å². The fourth-order valence-corrected chi connectivity index (χ4v) is 5.85. The number of aromatic nitrogens is 3. The maximum absolute atomic E-state index is 12.2. The highest BCUT2D eigenvalue weighted by Gasteiger charge is 2.22. The monoisotopic (exact) mass is 440 g/mol. The van der Waals surface area contributed by atoms with Crippen molar-refractivity contribution in [3.63, 3.8) is 0 Å². The highest BCUT2D eigenvalue weighted by atomic mass is 32.2. The standard InChI is InChI=1S/C23H28N4OS2/c1-3-16-9-10-19-18(13-16)14-20(30-19)22-25-26-23(27(22)2)29-15-21(28)24-12-11-17-7-5-4-6-8-17/h4-8,14,16H,3,9-13,15H2,1-2H3,(H,24,28).